The number of hydrogen-bond donors (Lipinski definition) is 0. The molecule has 5 nitrogen and oxygen atoms in total. The van der Waals surface area contributed by atoms with E-state index in [-0.39, 0.29) is 5.91 Å². The summed E-state index contributed by atoms with van der Waals surface area (Å²) in [6.07, 6.45) is 2.47. The molecule has 0 aliphatic rings. The fourth-order valence-electron chi connectivity index (χ4n) is 3.13. The van der Waals surface area contributed by atoms with Gasteiger partial charge in [0, 0.05) is 28.4 Å². The molecule has 0 fully saturated rings. The van der Waals surface area contributed by atoms with Crippen molar-refractivity contribution in [3.8, 4) is 5.69 Å². The third-order valence-electron chi connectivity index (χ3n) is 4.58. The van der Waals surface area contributed by atoms with E-state index in [2.05, 4.69) is 32.8 Å². The summed E-state index contributed by atoms with van der Waals surface area (Å²) in [7, 11) is 0. The number of thiophene rings is 2. The number of benzene rings is 1. The van der Waals surface area contributed by atoms with Crippen LogP contribution in [-0.2, 0) is 17.8 Å². The van der Waals surface area contributed by atoms with Gasteiger partial charge < -0.3 is 4.90 Å². The maximum atomic E-state index is 12.9. The molecule has 0 aliphatic heterocycles. The van der Waals surface area contributed by atoms with Gasteiger partial charge >= 0.3 is 0 Å². The maximum absolute atomic E-state index is 12.9. The van der Waals surface area contributed by atoms with Gasteiger partial charge in [0.15, 0.2) is 5.16 Å². The number of carbonyl (C=O) groups is 1. The molecule has 0 atom stereocenters. The number of rotatable bonds is 10. The second-order valence-corrected chi connectivity index (χ2v) is 9.76. The maximum Gasteiger partial charge on any atom is 0.233 e. The first-order valence-corrected chi connectivity index (χ1v) is 12.5. The quantitative estimate of drug-likeness (QED) is 0.235. The lowest BCUT2D eigenvalue weighted by molar-refractivity contribution is -0.128. The first kappa shape index (κ1) is 21.5. The SMILES string of the molecule is C=CCN(Cc1cccs1)C(=O)CSc1nnc(Cc2cccs2)n1-c1ccccc1. The van der Waals surface area contributed by atoms with Gasteiger partial charge in [0.25, 0.3) is 0 Å². The zero-order chi connectivity index (χ0) is 21.5. The van der Waals surface area contributed by atoms with Crippen LogP contribution in [0.2, 0.25) is 0 Å². The Morgan fingerprint density at radius 1 is 1.03 bits per heavy atom. The molecule has 4 aromatic rings. The molecular formula is C23H22N4OS3. The summed E-state index contributed by atoms with van der Waals surface area (Å²) in [5, 5.41) is 13.7. The van der Waals surface area contributed by atoms with Crippen molar-refractivity contribution in [2.45, 2.75) is 18.1 Å². The molecule has 0 aliphatic carbocycles. The minimum atomic E-state index is 0.0562. The summed E-state index contributed by atoms with van der Waals surface area (Å²) in [5.74, 6) is 1.22. The molecule has 158 valence electrons. The summed E-state index contributed by atoms with van der Waals surface area (Å²) >= 11 is 4.78. The Labute approximate surface area is 194 Å². The number of amides is 1. The van der Waals surface area contributed by atoms with Crippen molar-refractivity contribution in [2.24, 2.45) is 0 Å². The van der Waals surface area contributed by atoms with Gasteiger partial charge in [0.1, 0.15) is 5.82 Å². The summed E-state index contributed by atoms with van der Waals surface area (Å²) in [5.41, 5.74) is 0.996. The van der Waals surface area contributed by atoms with Crippen LogP contribution in [0.5, 0.6) is 0 Å². The highest BCUT2D eigenvalue weighted by Gasteiger charge is 2.19. The van der Waals surface area contributed by atoms with E-state index in [0.29, 0.717) is 25.3 Å². The van der Waals surface area contributed by atoms with Crippen molar-refractivity contribution in [3.63, 3.8) is 0 Å². The molecule has 4 rings (SSSR count). The minimum absolute atomic E-state index is 0.0562. The van der Waals surface area contributed by atoms with Crippen LogP contribution >= 0.6 is 34.4 Å². The Morgan fingerprint density at radius 3 is 2.45 bits per heavy atom. The van der Waals surface area contributed by atoms with Gasteiger partial charge in [-0.3, -0.25) is 9.36 Å². The first-order chi connectivity index (χ1) is 15.2. The van der Waals surface area contributed by atoms with Crippen LogP contribution in [-0.4, -0.2) is 37.9 Å². The van der Waals surface area contributed by atoms with Crippen LogP contribution < -0.4 is 0 Å². The van der Waals surface area contributed by atoms with Gasteiger partial charge in [0.2, 0.25) is 5.91 Å². The van der Waals surface area contributed by atoms with Crippen LogP contribution in [0.3, 0.4) is 0 Å². The van der Waals surface area contributed by atoms with E-state index in [9.17, 15) is 4.79 Å². The molecular weight excluding hydrogens is 444 g/mol. The molecule has 0 N–H and O–H groups in total. The topological polar surface area (TPSA) is 51.0 Å². The van der Waals surface area contributed by atoms with Crippen molar-refractivity contribution >= 4 is 40.3 Å². The Hall–Kier alpha value is -2.68. The van der Waals surface area contributed by atoms with E-state index in [4.69, 9.17) is 0 Å². The van der Waals surface area contributed by atoms with Crippen molar-refractivity contribution in [1.82, 2.24) is 19.7 Å². The van der Waals surface area contributed by atoms with Gasteiger partial charge in [-0.15, -0.1) is 39.4 Å². The summed E-state index contributed by atoms with van der Waals surface area (Å²) in [6.45, 7) is 4.92. The minimum Gasteiger partial charge on any atom is -0.333 e. The van der Waals surface area contributed by atoms with Crippen LogP contribution in [0.25, 0.3) is 5.69 Å². The molecule has 1 aromatic carbocycles. The van der Waals surface area contributed by atoms with Gasteiger partial charge in [-0.1, -0.05) is 48.2 Å². The average molecular weight is 467 g/mol. The highest BCUT2D eigenvalue weighted by molar-refractivity contribution is 7.99. The molecule has 0 spiro atoms. The number of aromatic nitrogens is 3. The van der Waals surface area contributed by atoms with Crippen LogP contribution in [0.15, 0.2) is 83.2 Å². The Balaban J connectivity index is 1.52. The molecule has 0 saturated carbocycles. The Kier molecular flexibility index (Phi) is 7.35. The lowest BCUT2D eigenvalue weighted by atomic mass is 10.3. The predicted octanol–water partition coefficient (Wildman–Crippen LogP) is 5.29. The Bertz CT molecular complexity index is 1110. The van der Waals surface area contributed by atoms with Gasteiger partial charge in [-0.2, -0.15) is 0 Å². The molecule has 0 radical (unpaired) electrons. The fraction of sp³-hybridized carbons (Fsp3) is 0.174. The number of nitrogens with zero attached hydrogens (tertiary/aromatic N) is 4. The second-order valence-electron chi connectivity index (χ2n) is 6.76. The van der Waals surface area contributed by atoms with Crippen molar-refractivity contribution in [2.75, 3.05) is 12.3 Å². The molecule has 0 bridgehead atoms. The van der Waals surface area contributed by atoms with Crippen molar-refractivity contribution in [1.29, 1.82) is 0 Å². The zero-order valence-corrected chi connectivity index (χ0v) is 19.3. The molecule has 0 unspecified atom stereocenters. The molecule has 3 aromatic heterocycles. The van der Waals surface area contributed by atoms with E-state index in [1.165, 1.54) is 16.6 Å². The van der Waals surface area contributed by atoms with E-state index >= 15 is 0 Å². The highest BCUT2D eigenvalue weighted by atomic mass is 32.2. The third-order valence-corrected chi connectivity index (χ3v) is 7.23. The normalized spacial score (nSPS) is 10.8. The van der Waals surface area contributed by atoms with Crippen molar-refractivity contribution in [3.05, 3.63) is 93.6 Å². The van der Waals surface area contributed by atoms with Gasteiger partial charge in [0.05, 0.1) is 12.3 Å². The largest absolute Gasteiger partial charge is 0.333 e. The van der Waals surface area contributed by atoms with Crippen LogP contribution in [0.1, 0.15) is 15.6 Å². The van der Waals surface area contributed by atoms with E-state index < -0.39 is 0 Å². The summed E-state index contributed by atoms with van der Waals surface area (Å²) in [4.78, 5) is 17.2. The number of para-hydroxylation sites is 1. The van der Waals surface area contributed by atoms with E-state index in [1.54, 1.807) is 28.7 Å². The van der Waals surface area contributed by atoms with Crippen LogP contribution in [0.4, 0.5) is 0 Å². The standard InChI is InChI=1S/C23H22N4OS3/c1-2-12-26(16-20-11-7-14-30-20)22(28)17-31-23-25-24-21(15-19-10-6-13-29-19)27(23)18-8-4-3-5-9-18/h2-11,13-14H,1,12,15-17H2. The fourth-order valence-corrected chi connectivity index (χ4v) is 5.43. The van der Waals surface area contributed by atoms with Crippen LogP contribution in [0, 0.1) is 0 Å². The van der Waals surface area contributed by atoms with E-state index in [1.807, 2.05) is 58.8 Å². The molecule has 1 amide bonds. The summed E-state index contributed by atoms with van der Waals surface area (Å²) < 4.78 is 2.05. The third kappa shape index (κ3) is 5.52. The number of thioether (sulfide) groups is 1. The predicted molar refractivity (Wildman–Crippen MR) is 129 cm³/mol. The smallest absolute Gasteiger partial charge is 0.233 e. The number of carbonyl (C=O) groups excluding carboxylic acids is 1. The first-order valence-electron chi connectivity index (χ1n) is 9.80. The average Bonchev–Trinajstić information content (AvgIpc) is 3.55. The highest BCUT2D eigenvalue weighted by Crippen LogP contribution is 2.25. The Morgan fingerprint density at radius 2 is 1.77 bits per heavy atom. The monoisotopic (exact) mass is 466 g/mol. The molecule has 8 heteroatoms. The number of hydrogen-bond acceptors (Lipinski definition) is 6. The lowest BCUT2D eigenvalue weighted by Crippen LogP contribution is -2.31. The summed E-state index contributed by atoms with van der Waals surface area (Å²) in [6, 6.07) is 18.2. The molecule has 3 heterocycles. The van der Waals surface area contributed by atoms with Gasteiger partial charge in [-0.05, 0) is 35.0 Å². The lowest BCUT2D eigenvalue weighted by Gasteiger charge is -2.20. The van der Waals surface area contributed by atoms with E-state index in [0.717, 1.165) is 21.5 Å². The van der Waals surface area contributed by atoms with Gasteiger partial charge in [-0.25, -0.2) is 0 Å². The molecule has 31 heavy (non-hydrogen) atoms. The zero-order valence-electron chi connectivity index (χ0n) is 16.9. The second kappa shape index (κ2) is 10.6. The molecule has 0 saturated heterocycles. The van der Waals surface area contributed by atoms with Crippen molar-refractivity contribution < 1.29 is 4.79 Å².